The van der Waals surface area contributed by atoms with Gasteiger partial charge in [-0.2, -0.15) is 5.26 Å². The van der Waals surface area contributed by atoms with E-state index >= 15 is 0 Å². The number of fused-ring (bicyclic) bond motifs is 1. The van der Waals surface area contributed by atoms with Crippen molar-refractivity contribution in [3.8, 4) is 11.8 Å². The molecule has 0 N–H and O–H groups in total. The second-order valence-electron chi connectivity index (χ2n) is 5.54. The van der Waals surface area contributed by atoms with Gasteiger partial charge in [-0.1, -0.05) is 12.1 Å². The Hall–Kier alpha value is -1.53. The van der Waals surface area contributed by atoms with E-state index in [9.17, 15) is 0 Å². The van der Waals surface area contributed by atoms with Gasteiger partial charge < -0.3 is 9.64 Å². The van der Waals surface area contributed by atoms with Crippen molar-refractivity contribution < 1.29 is 4.74 Å². The molecule has 0 unspecified atom stereocenters. The van der Waals surface area contributed by atoms with E-state index < -0.39 is 0 Å². The molecule has 100 valence electrons. The average Bonchev–Trinajstić information content (AvgIpc) is 2.93. The van der Waals surface area contributed by atoms with E-state index in [1.54, 1.807) is 0 Å². The Morgan fingerprint density at radius 1 is 1.32 bits per heavy atom. The number of benzene rings is 1. The normalized spacial score (nSPS) is 19.7. The zero-order valence-electron chi connectivity index (χ0n) is 11.3. The maximum atomic E-state index is 8.89. The Morgan fingerprint density at radius 3 is 2.95 bits per heavy atom. The van der Waals surface area contributed by atoms with Crippen LogP contribution in [-0.2, 0) is 12.8 Å². The van der Waals surface area contributed by atoms with E-state index in [0.717, 1.165) is 57.7 Å². The smallest absolute Gasteiger partial charge is 0.122 e. The average molecular weight is 256 g/mol. The van der Waals surface area contributed by atoms with Crippen molar-refractivity contribution in [3.05, 3.63) is 29.3 Å². The van der Waals surface area contributed by atoms with Gasteiger partial charge in [-0.15, -0.1) is 0 Å². The lowest BCUT2D eigenvalue weighted by Gasteiger charge is -2.28. The molecule has 3 heteroatoms. The predicted octanol–water partition coefficient (Wildman–Crippen LogP) is 2.40. The summed E-state index contributed by atoms with van der Waals surface area (Å²) in [5.41, 5.74) is 2.77. The first kappa shape index (κ1) is 12.5. The molecule has 1 saturated heterocycles. The number of nitriles is 1. The van der Waals surface area contributed by atoms with Gasteiger partial charge >= 0.3 is 0 Å². The molecule has 0 saturated carbocycles. The first-order chi connectivity index (χ1) is 9.35. The topological polar surface area (TPSA) is 36.3 Å². The minimum Gasteiger partial charge on any atom is -0.493 e. The van der Waals surface area contributed by atoms with E-state index in [0.29, 0.717) is 0 Å². The highest BCUT2D eigenvalue weighted by molar-refractivity contribution is 5.39. The van der Waals surface area contributed by atoms with Crippen LogP contribution >= 0.6 is 0 Å². The first-order valence-corrected chi connectivity index (χ1v) is 7.22. The van der Waals surface area contributed by atoms with Crippen LogP contribution in [0, 0.1) is 17.2 Å². The van der Waals surface area contributed by atoms with Crippen molar-refractivity contribution >= 4 is 0 Å². The summed E-state index contributed by atoms with van der Waals surface area (Å²) in [7, 11) is 0. The Kier molecular flexibility index (Phi) is 3.70. The van der Waals surface area contributed by atoms with Gasteiger partial charge in [0.1, 0.15) is 5.75 Å². The Balaban J connectivity index is 1.51. The quantitative estimate of drug-likeness (QED) is 0.833. The fourth-order valence-corrected chi connectivity index (χ4v) is 2.97. The van der Waals surface area contributed by atoms with Gasteiger partial charge in [-0.3, -0.25) is 0 Å². The van der Waals surface area contributed by atoms with E-state index in [-0.39, 0.29) is 5.92 Å². The molecule has 0 aromatic heterocycles. The zero-order chi connectivity index (χ0) is 13.1. The fraction of sp³-hybridized carbons (Fsp3) is 0.562. The molecule has 2 heterocycles. The summed E-state index contributed by atoms with van der Waals surface area (Å²) < 4.78 is 5.53. The van der Waals surface area contributed by atoms with Crippen LogP contribution in [0.25, 0.3) is 0 Å². The minimum absolute atomic E-state index is 0.286. The largest absolute Gasteiger partial charge is 0.493 e. The molecule has 2 aliphatic rings. The van der Waals surface area contributed by atoms with E-state index in [4.69, 9.17) is 10.00 Å². The highest BCUT2D eigenvalue weighted by atomic mass is 16.5. The van der Waals surface area contributed by atoms with Crippen LogP contribution in [0.1, 0.15) is 24.0 Å². The molecular formula is C16H20N2O. The molecule has 0 spiro atoms. The molecule has 0 aliphatic carbocycles. The van der Waals surface area contributed by atoms with Crippen LogP contribution in [0.5, 0.6) is 5.75 Å². The molecule has 19 heavy (non-hydrogen) atoms. The lowest BCUT2D eigenvalue weighted by atomic mass is 9.98. The van der Waals surface area contributed by atoms with Crippen molar-refractivity contribution in [1.29, 1.82) is 5.26 Å². The van der Waals surface area contributed by atoms with E-state index in [1.165, 1.54) is 11.1 Å². The van der Waals surface area contributed by atoms with Crippen molar-refractivity contribution in [2.75, 3.05) is 26.2 Å². The Bertz CT molecular complexity index is 484. The first-order valence-electron chi connectivity index (χ1n) is 7.22. The SMILES string of the molecule is N#CC1CCN(CCc2ccc3c(c2)CCO3)CC1. The van der Waals surface area contributed by atoms with Gasteiger partial charge in [-0.05, 0) is 49.5 Å². The number of hydrogen-bond donors (Lipinski definition) is 0. The van der Waals surface area contributed by atoms with Gasteiger partial charge in [0.15, 0.2) is 0 Å². The van der Waals surface area contributed by atoms with Crippen LogP contribution < -0.4 is 4.74 Å². The van der Waals surface area contributed by atoms with Crippen molar-refractivity contribution in [2.24, 2.45) is 5.92 Å². The van der Waals surface area contributed by atoms with Crippen LogP contribution in [0.3, 0.4) is 0 Å². The summed E-state index contributed by atoms with van der Waals surface area (Å²) in [5.74, 6) is 1.35. The lowest BCUT2D eigenvalue weighted by Crippen LogP contribution is -2.34. The molecule has 2 aliphatic heterocycles. The summed E-state index contributed by atoms with van der Waals surface area (Å²) in [5, 5.41) is 8.89. The van der Waals surface area contributed by atoms with Crippen LogP contribution in [0.2, 0.25) is 0 Å². The standard InChI is InChI=1S/C16H20N2O/c17-12-14-4-8-18(9-5-14)7-3-13-1-2-16-15(11-13)6-10-19-16/h1-2,11,14H,3-10H2. The maximum absolute atomic E-state index is 8.89. The number of hydrogen-bond acceptors (Lipinski definition) is 3. The van der Waals surface area contributed by atoms with Crippen LogP contribution in [0.15, 0.2) is 18.2 Å². The number of rotatable bonds is 3. The molecule has 0 atom stereocenters. The van der Waals surface area contributed by atoms with E-state index in [1.807, 2.05) is 0 Å². The fourth-order valence-electron chi connectivity index (χ4n) is 2.97. The van der Waals surface area contributed by atoms with Crippen molar-refractivity contribution in [3.63, 3.8) is 0 Å². The summed E-state index contributed by atoms with van der Waals surface area (Å²) in [4.78, 5) is 2.48. The molecule has 1 aromatic carbocycles. The predicted molar refractivity (Wildman–Crippen MR) is 74.1 cm³/mol. The maximum Gasteiger partial charge on any atom is 0.122 e. The summed E-state index contributed by atoms with van der Waals surface area (Å²) in [6.45, 7) is 4.09. The monoisotopic (exact) mass is 256 g/mol. The highest BCUT2D eigenvalue weighted by Gasteiger charge is 2.18. The molecule has 1 fully saturated rings. The van der Waals surface area contributed by atoms with Crippen molar-refractivity contribution in [2.45, 2.75) is 25.7 Å². The van der Waals surface area contributed by atoms with Gasteiger partial charge in [0.05, 0.1) is 12.7 Å². The second kappa shape index (κ2) is 5.63. The number of nitrogens with zero attached hydrogens (tertiary/aromatic N) is 2. The lowest BCUT2D eigenvalue weighted by molar-refractivity contribution is 0.208. The molecule has 1 aromatic rings. The second-order valence-corrected chi connectivity index (χ2v) is 5.54. The van der Waals surface area contributed by atoms with Gasteiger partial charge in [0, 0.05) is 18.9 Å². The van der Waals surface area contributed by atoms with Gasteiger partial charge in [-0.25, -0.2) is 0 Å². The summed E-state index contributed by atoms with van der Waals surface area (Å²) in [6.07, 6.45) is 4.23. The number of ether oxygens (including phenoxy) is 1. The van der Waals surface area contributed by atoms with Crippen LogP contribution in [-0.4, -0.2) is 31.1 Å². The third-order valence-electron chi connectivity index (χ3n) is 4.24. The Labute approximate surface area is 114 Å². The molecule has 3 rings (SSSR count). The third kappa shape index (κ3) is 2.90. The molecule has 0 bridgehead atoms. The highest BCUT2D eigenvalue weighted by Crippen LogP contribution is 2.26. The molecule has 3 nitrogen and oxygen atoms in total. The number of piperidine rings is 1. The summed E-state index contributed by atoms with van der Waals surface area (Å²) >= 11 is 0. The Morgan fingerprint density at radius 2 is 2.16 bits per heavy atom. The third-order valence-corrected chi connectivity index (χ3v) is 4.24. The molecule has 0 radical (unpaired) electrons. The van der Waals surface area contributed by atoms with E-state index in [2.05, 4.69) is 29.2 Å². The zero-order valence-corrected chi connectivity index (χ0v) is 11.3. The van der Waals surface area contributed by atoms with Crippen molar-refractivity contribution in [1.82, 2.24) is 4.90 Å². The molecule has 0 amide bonds. The van der Waals surface area contributed by atoms with Gasteiger partial charge in [0.25, 0.3) is 0 Å². The minimum atomic E-state index is 0.286. The van der Waals surface area contributed by atoms with Gasteiger partial charge in [0.2, 0.25) is 0 Å². The number of likely N-dealkylation sites (tertiary alicyclic amines) is 1. The van der Waals surface area contributed by atoms with Crippen LogP contribution in [0.4, 0.5) is 0 Å². The molecular weight excluding hydrogens is 236 g/mol. The summed E-state index contributed by atoms with van der Waals surface area (Å²) in [6, 6.07) is 8.98.